The molecule has 134 valence electrons. The Hall–Kier alpha value is -2.50. The standard InChI is InChI=1S/C19H24N2O4/c1-4-24-19(23)15-9-10-17(25-12(2)22)14-11-13-7-5-6-8-16(13)21(3)18(14)20-15/h5-8,15,17,20H,4,9-11H2,1-3H3. The molecule has 0 fully saturated rings. The number of nitrogens with zero attached hydrogens (tertiary/aromatic N) is 1. The van der Waals surface area contributed by atoms with Gasteiger partial charge in [0.2, 0.25) is 0 Å². The van der Waals surface area contributed by atoms with E-state index in [0.717, 1.165) is 17.1 Å². The maximum Gasteiger partial charge on any atom is 0.328 e. The summed E-state index contributed by atoms with van der Waals surface area (Å²) >= 11 is 0. The van der Waals surface area contributed by atoms with Gasteiger partial charge in [-0.1, -0.05) is 18.2 Å². The molecule has 0 amide bonds. The molecule has 0 aliphatic carbocycles. The molecule has 1 aromatic rings. The Morgan fingerprint density at radius 2 is 2.04 bits per heavy atom. The van der Waals surface area contributed by atoms with Gasteiger partial charge in [0.05, 0.1) is 6.61 Å². The Balaban J connectivity index is 1.97. The van der Waals surface area contributed by atoms with E-state index in [1.54, 1.807) is 6.92 Å². The Morgan fingerprint density at radius 1 is 1.28 bits per heavy atom. The second kappa shape index (κ2) is 7.17. The highest BCUT2D eigenvalue weighted by Crippen LogP contribution is 2.36. The zero-order valence-electron chi connectivity index (χ0n) is 14.9. The van der Waals surface area contributed by atoms with Gasteiger partial charge in [-0.2, -0.15) is 0 Å². The van der Waals surface area contributed by atoms with Gasteiger partial charge in [-0.25, -0.2) is 4.79 Å². The highest BCUT2D eigenvalue weighted by molar-refractivity contribution is 5.77. The van der Waals surface area contributed by atoms with Crippen molar-refractivity contribution in [2.75, 3.05) is 18.6 Å². The smallest absolute Gasteiger partial charge is 0.328 e. The van der Waals surface area contributed by atoms with Gasteiger partial charge in [0.15, 0.2) is 0 Å². The fourth-order valence-corrected chi connectivity index (χ4v) is 3.55. The number of hydrogen-bond donors (Lipinski definition) is 1. The van der Waals surface area contributed by atoms with Crippen LogP contribution in [0, 0.1) is 0 Å². The largest absolute Gasteiger partial charge is 0.464 e. The van der Waals surface area contributed by atoms with Crippen molar-refractivity contribution in [2.24, 2.45) is 0 Å². The van der Waals surface area contributed by atoms with E-state index in [2.05, 4.69) is 11.4 Å². The van der Waals surface area contributed by atoms with Gasteiger partial charge in [-0.3, -0.25) is 4.79 Å². The van der Waals surface area contributed by atoms with Gasteiger partial charge in [0.1, 0.15) is 18.0 Å². The number of benzene rings is 1. The first kappa shape index (κ1) is 17.3. The number of fused-ring (bicyclic) bond motifs is 1. The predicted molar refractivity (Wildman–Crippen MR) is 93.9 cm³/mol. The van der Waals surface area contributed by atoms with Crippen molar-refractivity contribution in [3.05, 3.63) is 41.2 Å². The fraction of sp³-hybridized carbons (Fsp3) is 0.474. The highest BCUT2D eigenvalue weighted by atomic mass is 16.5. The molecule has 2 aliphatic heterocycles. The first-order valence-corrected chi connectivity index (χ1v) is 8.66. The van der Waals surface area contributed by atoms with Crippen LogP contribution in [0.1, 0.15) is 32.3 Å². The zero-order valence-corrected chi connectivity index (χ0v) is 14.9. The maximum absolute atomic E-state index is 12.3. The van der Waals surface area contributed by atoms with Gasteiger partial charge in [0.25, 0.3) is 0 Å². The average molecular weight is 344 g/mol. The second-order valence-electron chi connectivity index (χ2n) is 6.36. The summed E-state index contributed by atoms with van der Waals surface area (Å²) < 4.78 is 10.8. The zero-order chi connectivity index (χ0) is 18.0. The number of ether oxygens (including phenoxy) is 2. The summed E-state index contributed by atoms with van der Waals surface area (Å²) in [6, 6.07) is 7.67. The van der Waals surface area contributed by atoms with Gasteiger partial charge in [-0.15, -0.1) is 0 Å². The van der Waals surface area contributed by atoms with Crippen LogP contribution in [0.4, 0.5) is 5.69 Å². The summed E-state index contributed by atoms with van der Waals surface area (Å²) in [6.07, 6.45) is 1.49. The number of para-hydroxylation sites is 1. The third-order valence-electron chi connectivity index (χ3n) is 4.67. The molecule has 6 nitrogen and oxygen atoms in total. The van der Waals surface area contributed by atoms with Crippen LogP contribution in [0.2, 0.25) is 0 Å². The number of carbonyl (C=O) groups is 2. The van der Waals surface area contributed by atoms with E-state index in [-0.39, 0.29) is 18.0 Å². The summed E-state index contributed by atoms with van der Waals surface area (Å²) in [5.41, 5.74) is 3.26. The van der Waals surface area contributed by atoms with Gasteiger partial charge in [-0.05, 0) is 31.4 Å². The molecule has 2 unspecified atom stereocenters. The minimum Gasteiger partial charge on any atom is -0.464 e. The molecule has 3 rings (SSSR count). The van der Waals surface area contributed by atoms with Crippen LogP contribution in [0.3, 0.4) is 0 Å². The molecule has 0 saturated heterocycles. The van der Waals surface area contributed by atoms with Gasteiger partial charge >= 0.3 is 11.9 Å². The van der Waals surface area contributed by atoms with Gasteiger partial charge < -0.3 is 19.7 Å². The molecule has 0 saturated carbocycles. The van der Waals surface area contributed by atoms with Crippen LogP contribution < -0.4 is 10.2 Å². The van der Waals surface area contributed by atoms with Crippen molar-refractivity contribution in [1.29, 1.82) is 0 Å². The molecule has 2 atom stereocenters. The maximum atomic E-state index is 12.3. The molecule has 1 N–H and O–H groups in total. The molecule has 0 radical (unpaired) electrons. The van der Waals surface area contributed by atoms with E-state index >= 15 is 0 Å². The molecule has 2 aliphatic rings. The monoisotopic (exact) mass is 344 g/mol. The lowest BCUT2D eigenvalue weighted by atomic mass is 9.93. The number of anilines is 1. The van der Waals surface area contributed by atoms with Crippen LogP contribution >= 0.6 is 0 Å². The van der Waals surface area contributed by atoms with Crippen LogP contribution in [-0.2, 0) is 25.5 Å². The Labute approximate surface area is 147 Å². The minimum absolute atomic E-state index is 0.273. The van der Waals surface area contributed by atoms with E-state index < -0.39 is 6.04 Å². The first-order chi connectivity index (χ1) is 12.0. The van der Waals surface area contributed by atoms with E-state index in [1.807, 2.05) is 30.1 Å². The lowest BCUT2D eigenvalue weighted by Gasteiger charge is -2.34. The highest BCUT2D eigenvalue weighted by Gasteiger charge is 2.35. The van der Waals surface area contributed by atoms with Crippen molar-refractivity contribution in [1.82, 2.24) is 5.32 Å². The number of esters is 2. The van der Waals surface area contributed by atoms with E-state index in [0.29, 0.717) is 25.9 Å². The molecular formula is C19H24N2O4. The van der Waals surface area contributed by atoms with Crippen LogP contribution in [0.15, 0.2) is 35.7 Å². The summed E-state index contributed by atoms with van der Waals surface area (Å²) in [6.45, 7) is 3.56. The van der Waals surface area contributed by atoms with Crippen LogP contribution in [0.25, 0.3) is 0 Å². The Bertz CT molecular complexity index is 713. The fourth-order valence-electron chi connectivity index (χ4n) is 3.55. The predicted octanol–water partition coefficient (Wildman–Crippen LogP) is 2.14. The number of carbonyl (C=O) groups excluding carboxylic acids is 2. The van der Waals surface area contributed by atoms with Crippen molar-refractivity contribution in [2.45, 2.75) is 45.3 Å². The van der Waals surface area contributed by atoms with Crippen molar-refractivity contribution in [3.63, 3.8) is 0 Å². The minimum atomic E-state index is -0.446. The summed E-state index contributed by atoms with van der Waals surface area (Å²) in [4.78, 5) is 25.9. The number of hydrogen-bond acceptors (Lipinski definition) is 6. The second-order valence-corrected chi connectivity index (χ2v) is 6.36. The lowest BCUT2D eigenvalue weighted by molar-refractivity contribution is -0.146. The molecule has 2 heterocycles. The van der Waals surface area contributed by atoms with E-state index in [4.69, 9.17) is 9.47 Å². The van der Waals surface area contributed by atoms with Crippen molar-refractivity contribution in [3.8, 4) is 0 Å². The van der Waals surface area contributed by atoms with Crippen molar-refractivity contribution >= 4 is 17.6 Å². The molecule has 1 aromatic carbocycles. The van der Waals surface area contributed by atoms with Crippen LogP contribution in [0.5, 0.6) is 0 Å². The topological polar surface area (TPSA) is 67.9 Å². The molecular weight excluding hydrogens is 320 g/mol. The molecule has 25 heavy (non-hydrogen) atoms. The number of rotatable bonds is 3. The quantitative estimate of drug-likeness (QED) is 0.848. The van der Waals surface area contributed by atoms with E-state index in [9.17, 15) is 9.59 Å². The van der Waals surface area contributed by atoms with Crippen LogP contribution in [-0.4, -0.2) is 37.7 Å². The van der Waals surface area contributed by atoms with Crippen molar-refractivity contribution < 1.29 is 19.1 Å². The third kappa shape index (κ3) is 3.48. The van der Waals surface area contributed by atoms with Gasteiger partial charge in [0, 0.05) is 31.7 Å². The number of nitrogens with one attached hydrogen (secondary N) is 1. The Kier molecular flexibility index (Phi) is 4.97. The molecule has 6 heteroatoms. The molecule has 0 spiro atoms. The summed E-state index contributed by atoms with van der Waals surface area (Å²) in [5.74, 6) is 0.249. The lowest BCUT2D eigenvalue weighted by Crippen LogP contribution is -2.43. The summed E-state index contributed by atoms with van der Waals surface area (Å²) in [7, 11) is 1.96. The molecule has 0 aromatic heterocycles. The van der Waals surface area contributed by atoms with E-state index in [1.165, 1.54) is 12.5 Å². The normalized spacial score (nSPS) is 22.3. The summed E-state index contributed by atoms with van der Waals surface area (Å²) in [5, 5.41) is 3.34. The SMILES string of the molecule is CCOC(=O)C1CCC(OC(C)=O)C2=C(N1)N(C)c1ccccc1C2. The first-order valence-electron chi connectivity index (χ1n) is 8.66. The Morgan fingerprint density at radius 3 is 2.76 bits per heavy atom. The third-order valence-corrected chi connectivity index (χ3v) is 4.67. The molecule has 0 bridgehead atoms. The average Bonchev–Trinajstić information content (AvgIpc) is 2.75.